The Labute approximate surface area is 111 Å². The van der Waals surface area contributed by atoms with E-state index in [-0.39, 0.29) is 24.2 Å². The van der Waals surface area contributed by atoms with Crippen LogP contribution in [0.4, 0.5) is 4.39 Å². The maximum Gasteiger partial charge on any atom is 0.176 e. The Bertz CT molecular complexity index is 456. The number of hydrogen-bond acceptors (Lipinski definition) is 4. The maximum atomic E-state index is 13.5. The second kappa shape index (κ2) is 6.12. The summed E-state index contributed by atoms with van der Waals surface area (Å²) >= 11 is 0. The zero-order valence-corrected chi connectivity index (χ0v) is 10.9. The molecule has 0 atom stereocenters. The SMILES string of the molecule is COc1ccc(C(=O)CN2CCC(O)CC2)cc1F. The first-order valence-electron chi connectivity index (χ1n) is 6.37. The van der Waals surface area contributed by atoms with E-state index in [1.165, 1.54) is 19.2 Å². The molecule has 1 saturated heterocycles. The number of ketones is 1. The Balaban J connectivity index is 1.98. The summed E-state index contributed by atoms with van der Waals surface area (Å²) in [7, 11) is 1.39. The van der Waals surface area contributed by atoms with E-state index in [1.54, 1.807) is 6.07 Å². The number of rotatable bonds is 4. The fraction of sp³-hybridized carbons (Fsp3) is 0.500. The number of nitrogens with zero attached hydrogens (tertiary/aromatic N) is 1. The van der Waals surface area contributed by atoms with E-state index in [4.69, 9.17) is 4.74 Å². The van der Waals surface area contributed by atoms with Gasteiger partial charge in [-0.15, -0.1) is 0 Å². The van der Waals surface area contributed by atoms with Gasteiger partial charge in [-0.25, -0.2) is 4.39 Å². The predicted octanol–water partition coefficient (Wildman–Crippen LogP) is 1.47. The van der Waals surface area contributed by atoms with Crippen molar-refractivity contribution in [2.45, 2.75) is 18.9 Å². The van der Waals surface area contributed by atoms with Crippen molar-refractivity contribution >= 4 is 5.78 Å². The van der Waals surface area contributed by atoms with Gasteiger partial charge in [-0.3, -0.25) is 9.69 Å². The molecule has 0 unspecified atom stereocenters. The molecule has 104 valence electrons. The minimum absolute atomic E-state index is 0.113. The van der Waals surface area contributed by atoms with E-state index in [1.807, 2.05) is 4.90 Å². The molecule has 0 radical (unpaired) electrons. The number of likely N-dealkylation sites (tertiary alicyclic amines) is 1. The number of hydrogen-bond donors (Lipinski definition) is 1. The molecule has 0 bridgehead atoms. The second-order valence-corrected chi connectivity index (χ2v) is 4.78. The van der Waals surface area contributed by atoms with E-state index in [0.29, 0.717) is 31.5 Å². The summed E-state index contributed by atoms with van der Waals surface area (Å²) in [5.74, 6) is -0.502. The van der Waals surface area contributed by atoms with Gasteiger partial charge in [0.25, 0.3) is 0 Å². The molecule has 1 N–H and O–H groups in total. The lowest BCUT2D eigenvalue weighted by Crippen LogP contribution is -2.39. The lowest BCUT2D eigenvalue weighted by molar-refractivity contribution is 0.0711. The maximum absolute atomic E-state index is 13.5. The first kappa shape index (κ1) is 14.0. The summed E-state index contributed by atoms with van der Waals surface area (Å²) in [4.78, 5) is 14.0. The molecule has 1 heterocycles. The second-order valence-electron chi connectivity index (χ2n) is 4.78. The highest BCUT2D eigenvalue weighted by Crippen LogP contribution is 2.18. The number of piperidine rings is 1. The van der Waals surface area contributed by atoms with Crippen molar-refractivity contribution in [3.8, 4) is 5.75 Å². The number of carbonyl (C=O) groups excluding carboxylic acids is 1. The summed E-state index contributed by atoms with van der Waals surface area (Å²) in [5, 5.41) is 9.40. The molecule has 4 nitrogen and oxygen atoms in total. The molecule has 1 fully saturated rings. The molecule has 0 spiro atoms. The van der Waals surface area contributed by atoms with Gasteiger partial charge < -0.3 is 9.84 Å². The molecule has 19 heavy (non-hydrogen) atoms. The third-order valence-electron chi connectivity index (χ3n) is 3.40. The Morgan fingerprint density at radius 2 is 2.16 bits per heavy atom. The van der Waals surface area contributed by atoms with Crippen molar-refractivity contribution in [2.75, 3.05) is 26.7 Å². The van der Waals surface area contributed by atoms with Crippen LogP contribution in [0.15, 0.2) is 18.2 Å². The first-order valence-corrected chi connectivity index (χ1v) is 6.37. The summed E-state index contributed by atoms with van der Waals surface area (Å²) in [5.41, 5.74) is 0.351. The predicted molar refractivity (Wildman–Crippen MR) is 69.0 cm³/mol. The van der Waals surface area contributed by atoms with E-state index >= 15 is 0 Å². The highest BCUT2D eigenvalue weighted by molar-refractivity contribution is 5.97. The van der Waals surface area contributed by atoms with Crippen molar-refractivity contribution in [1.29, 1.82) is 0 Å². The zero-order valence-electron chi connectivity index (χ0n) is 10.9. The van der Waals surface area contributed by atoms with Crippen LogP contribution in [-0.4, -0.2) is 48.6 Å². The number of halogens is 1. The van der Waals surface area contributed by atoms with Crippen molar-refractivity contribution in [3.63, 3.8) is 0 Å². The van der Waals surface area contributed by atoms with Crippen molar-refractivity contribution in [1.82, 2.24) is 4.90 Å². The molecule has 0 amide bonds. The van der Waals surface area contributed by atoms with E-state index in [2.05, 4.69) is 0 Å². The van der Waals surface area contributed by atoms with Crippen molar-refractivity contribution < 1.29 is 19.0 Å². The third kappa shape index (κ3) is 3.52. The van der Waals surface area contributed by atoms with E-state index in [9.17, 15) is 14.3 Å². The first-order chi connectivity index (χ1) is 9.10. The van der Waals surface area contributed by atoms with Crippen LogP contribution in [0, 0.1) is 5.82 Å². The average Bonchev–Trinajstić information content (AvgIpc) is 2.41. The fourth-order valence-corrected chi connectivity index (χ4v) is 2.21. The van der Waals surface area contributed by atoms with Gasteiger partial charge in [-0.05, 0) is 31.0 Å². The molecule has 5 heteroatoms. The summed E-state index contributed by atoms with van der Waals surface area (Å²) in [6.07, 6.45) is 1.11. The van der Waals surface area contributed by atoms with E-state index < -0.39 is 5.82 Å². The number of benzene rings is 1. The zero-order chi connectivity index (χ0) is 13.8. The molecule has 0 aliphatic carbocycles. The lowest BCUT2D eigenvalue weighted by atomic mass is 10.1. The van der Waals surface area contributed by atoms with Crippen LogP contribution < -0.4 is 4.74 Å². The van der Waals surface area contributed by atoms with Gasteiger partial charge in [0.2, 0.25) is 0 Å². The molecular formula is C14H18FNO3. The summed E-state index contributed by atoms with van der Waals surface area (Å²) in [6.45, 7) is 1.66. The largest absolute Gasteiger partial charge is 0.494 e. The molecule has 0 aromatic heterocycles. The number of Topliss-reactive ketones (excluding diaryl/α,β-unsaturated/α-hetero) is 1. The van der Waals surface area contributed by atoms with Crippen molar-refractivity contribution in [3.05, 3.63) is 29.6 Å². The van der Waals surface area contributed by atoms with Gasteiger partial charge >= 0.3 is 0 Å². The van der Waals surface area contributed by atoms with Crippen LogP contribution in [0.1, 0.15) is 23.2 Å². The van der Waals surface area contributed by atoms with Crippen LogP contribution in [0.2, 0.25) is 0 Å². The van der Waals surface area contributed by atoms with Crippen LogP contribution in [0.5, 0.6) is 5.75 Å². The van der Waals surface area contributed by atoms with Gasteiger partial charge in [0.1, 0.15) is 0 Å². The summed E-state index contributed by atoms with van der Waals surface area (Å²) in [6, 6.07) is 4.24. The van der Waals surface area contributed by atoms with Crippen LogP contribution >= 0.6 is 0 Å². The fourth-order valence-electron chi connectivity index (χ4n) is 2.21. The van der Waals surface area contributed by atoms with Gasteiger partial charge in [0.15, 0.2) is 17.3 Å². The highest BCUT2D eigenvalue weighted by atomic mass is 19.1. The normalized spacial score (nSPS) is 17.4. The van der Waals surface area contributed by atoms with Crippen LogP contribution in [0.25, 0.3) is 0 Å². The minimum Gasteiger partial charge on any atom is -0.494 e. The Kier molecular flexibility index (Phi) is 4.50. The Hall–Kier alpha value is -1.46. The number of aliphatic hydroxyl groups is 1. The van der Waals surface area contributed by atoms with Gasteiger partial charge in [-0.1, -0.05) is 0 Å². The van der Waals surface area contributed by atoms with Gasteiger partial charge in [0.05, 0.1) is 19.8 Å². The number of aliphatic hydroxyl groups excluding tert-OH is 1. The summed E-state index contributed by atoms with van der Waals surface area (Å²) < 4.78 is 18.3. The van der Waals surface area contributed by atoms with Gasteiger partial charge in [-0.2, -0.15) is 0 Å². The van der Waals surface area contributed by atoms with Gasteiger partial charge in [0, 0.05) is 18.7 Å². The highest BCUT2D eigenvalue weighted by Gasteiger charge is 2.20. The lowest BCUT2D eigenvalue weighted by Gasteiger charge is -2.28. The molecule has 1 aromatic rings. The topological polar surface area (TPSA) is 49.8 Å². The standard InChI is InChI=1S/C14H18FNO3/c1-19-14-3-2-10(8-12(14)15)13(18)9-16-6-4-11(17)5-7-16/h2-3,8,11,17H,4-7,9H2,1H3. The smallest absolute Gasteiger partial charge is 0.176 e. The number of methoxy groups -OCH3 is 1. The number of carbonyl (C=O) groups is 1. The molecule has 1 aliphatic rings. The minimum atomic E-state index is -0.526. The van der Waals surface area contributed by atoms with Crippen LogP contribution in [0.3, 0.4) is 0 Å². The molecule has 2 rings (SSSR count). The quantitative estimate of drug-likeness (QED) is 0.839. The molecule has 0 saturated carbocycles. The monoisotopic (exact) mass is 267 g/mol. The Morgan fingerprint density at radius 3 is 2.74 bits per heavy atom. The third-order valence-corrected chi connectivity index (χ3v) is 3.40. The number of ether oxygens (including phenoxy) is 1. The van der Waals surface area contributed by atoms with Crippen molar-refractivity contribution in [2.24, 2.45) is 0 Å². The average molecular weight is 267 g/mol. The van der Waals surface area contributed by atoms with Crippen LogP contribution in [-0.2, 0) is 0 Å². The molecular weight excluding hydrogens is 249 g/mol. The van der Waals surface area contributed by atoms with E-state index in [0.717, 1.165) is 0 Å². The molecule has 1 aliphatic heterocycles. The molecule has 1 aromatic carbocycles. The Morgan fingerprint density at radius 1 is 1.47 bits per heavy atom.